The molecule has 0 saturated carbocycles. The SMILES string of the molecule is CCc1ccc(C(Cc2ccc(F)cc2)NC)o1. The lowest BCUT2D eigenvalue weighted by Crippen LogP contribution is -2.18. The average Bonchev–Trinajstić information content (AvgIpc) is 2.87. The van der Waals surface area contributed by atoms with E-state index in [1.54, 1.807) is 0 Å². The highest BCUT2D eigenvalue weighted by molar-refractivity contribution is 5.20. The zero-order valence-corrected chi connectivity index (χ0v) is 10.7. The van der Waals surface area contributed by atoms with Crippen LogP contribution in [0.3, 0.4) is 0 Å². The first-order valence-corrected chi connectivity index (χ1v) is 6.23. The van der Waals surface area contributed by atoms with Gasteiger partial charge in [0, 0.05) is 6.42 Å². The Kier molecular flexibility index (Phi) is 4.15. The molecule has 0 amide bonds. The van der Waals surface area contributed by atoms with Gasteiger partial charge < -0.3 is 9.73 Å². The van der Waals surface area contributed by atoms with Gasteiger partial charge in [-0.25, -0.2) is 4.39 Å². The van der Waals surface area contributed by atoms with E-state index in [1.807, 2.05) is 31.3 Å². The quantitative estimate of drug-likeness (QED) is 0.875. The zero-order chi connectivity index (χ0) is 13.0. The van der Waals surface area contributed by atoms with Crippen LogP contribution in [-0.4, -0.2) is 7.05 Å². The van der Waals surface area contributed by atoms with Gasteiger partial charge in [-0.1, -0.05) is 19.1 Å². The number of nitrogens with one attached hydrogen (secondary N) is 1. The molecule has 0 radical (unpaired) electrons. The topological polar surface area (TPSA) is 25.2 Å². The fourth-order valence-electron chi connectivity index (χ4n) is 1.97. The summed E-state index contributed by atoms with van der Waals surface area (Å²) < 4.78 is 18.6. The van der Waals surface area contributed by atoms with Gasteiger partial charge in [0.15, 0.2) is 0 Å². The molecular formula is C15H18FNO. The third kappa shape index (κ3) is 2.99. The van der Waals surface area contributed by atoms with E-state index in [2.05, 4.69) is 12.2 Å². The van der Waals surface area contributed by atoms with Crippen LogP contribution in [0.5, 0.6) is 0 Å². The summed E-state index contributed by atoms with van der Waals surface area (Å²) in [4.78, 5) is 0. The highest BCUT2D eigenvalue weighted by atomic mass is 19.1. The lowest BCUT2D eigenvalue weighted by molar-refractivity contribution is 0.407. The predicted octanol–water partition coefficient (Wildman–Crippen LogP) is 3.48. The van der Waals surface area contributed by atoms with Crippen LogP contribution in [-0.2, 0) is 12.8 Å². The smallest absolute Gasteiger partial charge is 0.123 e. The number of rotatable bonds is 5. The number of likely N-dealkylation sites (N-methyl/N-ethyl adjacent to an activating group) is 1. The fraction of sp³-hybridized carbons (Fsp3) is 0.333. The average molecular weight is 247 g/mol. The summed E-state index contributed by atoms with van der Waals surface area (Å²) in [5, 5.41) is 3.23. The van der Waals surface area contributed by atoms with Gasteiger partial charge in [0.05, 0.1) is 6.04 Å². The first-order valence-electron chi connectivity index (χ1n) is 6.23. The van der Waals surface area contributed by atoms with Crippen molar-refractivity contribution in [2.75, 3.05) is 7.05 Å². The Balaban J connectivity index is 2.11. The maximum Gasteiger partial charge on any atom is 0.123 e. The van der Waals surface area contributed by atoms with Crippen molar-refractivity contribution in [2.24, 2.45) is 0 Å². The van der Waals surface area contributed by atoms with Gasteiger partial charge in [-0.05, 0) is 43.3 Å². The summed E-state index contributed by atoms with van der Waals surface area (Å²) in [6.45, 7) is 2.07. The van der Waals surface area contributed by atoms with Crippen molar-refractivity contribution in [3.63, 3.8) is 0 Å². The summed E-state index contributed by atoms with van der Waals surface area (Å²) >= 11 is 0. The van der Waals surface area contributed by atoms with E-state index in [0.717, 1.165) is 29.9 Å². The minimum atomic E-state index is -0.203. The molecule has 2 rings (SSSR count). The van der Waals surface area contributed by atoms with Gasteiger partial charge in [0.25, 0.3) is 0 Å². The largest absolute Gasteiger partial charge is 0.464 e. The van der Waals surface area contributed by atoms with Crippen LogP contribution in [0.25, 0.3) is 0 Å². The number of hydrogen-bond donors (Lipinski definition) is 1. The van der Waals surface area contributed by atoms with Crippen molar-refractivity contribution < 1.29 is 8.81 Å². The van der Waals surface area contributed by atoms with Crippen LogP contribution in [0, 0.1) is 5.82 Å². The second-order valence-electron chi connectivity index (χ2n) is 4.33. The maximum atomic E-state index is 12.8. The van der Waals surface area contributed by atoms with Crippen molar-refractivity contribution in [3.05, 3.63) is 59.3 Å². The summed E-state index contributed by atoms with van der Waals surface area (Å²) in [7, 11) is 1.91. The van der Waals surface area contributed by atoms with Crippen LogP contribution in [0.1, 0.15) is 30.0 Å². The molecule has 1 aromatic carbocycles. The summed E-state index contributed by atoms with van der Waals surface area (Å²) in [6.07, 6.45) is 1.68. The van der Waals surface area contributed by atoms with E-state index < -0.39 is 0 Å². The third-order valence-corrected chi connectivity index (χ3v) is 3.08. The molecule has 1 N–H and O–H groups in total. The molecule has 0 aliphatic carbocycles. The fourth-order valence-corrected chi connectivity index (χ4v) is 1.97. The van der Waals surface area contributed by atoms with E-state index in [-0.39, 0.29) is 11.9 Å². The summed E-state index contributed by atoms with van der Waals surface area (Å²) in [5.74, 6) is 1.72. The molecule has 1 unspecified atom stereocenters. The Morgan fingerprint density at radius 2 is 1.89 bits per heavy atom. The van der Waals surface area contributed by atoms with Gasteiger partial charge in [-0.2, -0.15) is 0 Å². The van der Waals surface area contributed by atoms with Gasteiger partial charge in [0.2, 0.25) is 0 Å². The molecule has 1 heterocycles. The summed E-state index contributed by atoms with van der Waals surface area (Å²) in [5.41, 5.74) is 1.09. The van der Waals surface area contributed by atoms with Crippen molar-refractivity contribution >= 4 is 0 Å². The third-order valence-electron chi connectivity index (χ3n) is 3.08. The van der Waals surface area contributed by atoms with Gasteiger partial charge >= 0.3 is 0 Å². The molecule has 0 bridgehead atoms. The molecule has 0 aliphatic heterocycles. The Morgan fingerprint density at radius 3 is 2.44 bits per heavy atom. The minimum absolute atomic E-state index is 0.121. The molecule has 2 nitrogen and oxygen atoms in total. The van der Waals surface area contributed by atoms with E-state index in [1.165, 1.54) is 12.1 Å². The number of halogens is 1. The number of hydrogen-bond acceptors (Lipinski definition) is 2. The highest BCUT2D eigenvalue weighted by Gasteiger charge is 2.14. The van der Waals surface area contributed by atoms with Gasteiger partial charge in [0.1, 0.15) is 17.3 Å². The molecule has 0 saturated heterocycles. The van der Waals surface area contributed by atoms with Crippen LogP contribution >= 0.6 is 0 Å². The van der Waals surface area contributed by atoms with Gasteiger partial charge in [-0.3, -0.25) is 0 Å². The van der Waals surface area contributed by atoms with E-state index in [9.17, 15) is 4.39 Å². The molecule has 18 heavy (non-hydrogen) atoms. The zero-order valence-electron chi connectivity index (χ0n) is 10.7. The highest BCUT2D eigenvalue weighted by Crippen LogP contribution is 2.21. The van der Waals surface area contributed by atoms with Crippen LogP contribution in [0.15, 0.2) is 40.8 Å². The monoisotopic (exact) mass is 247 g/mol. The number of aryl methyl sites for hydroxylation is 1. The molecule has 0 fully saturated rings. The normalized spacial score (nSPS) is 12.6. The lowest BCUT2D eigenvalue weighted by Gasteiger charge is -2.13. The molecule has 96 valence electrons. The lowest BCUT2D eigenvalue weighted by atomic mass is 10.0. The standard InChI is InChI=1S/C15H18FNO/c1-3-13-8-9-15(18-13)14(17-2)10-11-4-6-12(16)7-5-11/h4-9,14,17H,3,10H2,1-2H3. The Labute approximate surface area is 107 Å². The molecular weight excluding hydrogens is 229 g/mol. The molecule has 2 aromatic rings. The van der Waals surface area contributed by atoms with E-state index >= 15 is 0 Å². The van der Waals surface area contributed by atoms with Crippen molar-refractivity contribution in [1.29, 1.82) is 0 Å². The van der Waals surface area contributed by atoms with E-state index in [0.29, 0.717) is 0 Å². The molecule has 1 aromatic heterocycles. The Hall–Kier alpha value is -1.61. The molecule has 1 atom stereocenters. The van der Waals surface area contributed by atoms with Crippen molar-refractivity contribution in [3.8, 4) is 0 Å². The van der Waals surface area contributed by atoms with Crippen LogP contribution in [0.2, 0.25) is 0 Å². The summed E-state index contributed by atoms with van der Waals surface area (Å²) in [6, 6.07) is 10.7. The molecule has 0 aliphatic rings. The number of furan rings is 1. The first-order chi connectivity index (χ1) is 8.72. The Morgan fingerprint density at radius 1 is 1.17 bits per heavy atom. The van der Waals surface area contributed by atoms with Crippen LogP contribution < -0.4 is 5.32 Å². The minimum Gasteiger partial charge on any atom is -0.464 e. The van der Waals surface area contributed by atoms with Crippen molar-refractivity contribution in [2.45, 2.75) is 25.8 Å². The second kappa shape index (κ2) is 5.83. The predicted molar refractivity (Wildman–Crippen MR) is 70.0 cm³/mol. The molecule has 3 heteroatoms. The van der Waals surface area contributed by atoms with Crippen LogP contribution in [0.4, 0.5) is 4.39 Å². The molecule has 0 spiro atoms. The van der Waals surface area contributed by atoms with E-state index in [4.69, 9.17) is 4.42 Å². The van der Waals surface area contributed by atoms with Crippen molar-refractivity contribution in [1.82, 2.24) is 5.32 Å². The first kappa shape index (κ1) is 12.8. The maximum absolute atomic E-state index is 12.8. The Bertz CT molecular complexity index is 489. The second-order valence-corrected chi connectivity index (χ2v) is 4.33. The van der Waals surface area contributed by atoms with Gasteiger partial charge in [-0.15, -0.1) is 0 Å². The number of benzene rings is 1.